The first-order chi connectivity index (χ1) is 13.7. The summed E-state index contributed by atoms with van der Waals surface area (Å²) in [6.45, 7) is 0.654. The standard InChI is InChI=1S/C22H19ClN4O/c1-28-19-12-6-11-18-20(19)26-22(25-17-10-5-9-16(23)13-17)27-21(18)24-14-15-7-3-2-4-8-15/h2-13H,14H2,1H3,(H2,24,25,26,27). The molecule has 0 bridgehead atoms. The van der Waals surface area contributed by atoms with Crippen LogP contribution in [0, 0.1) is 0 Å². The first kappa shape index (κ1) is 18.1. The van der Waals surface area contributed by atoms with Crippen LogP contribution >= 0.6 is 11.6 Å². The van der Waals surface area contributed by atoms with Crippen molar-refractivity contribution in [3.63, 3.8) is 0 Å². The molecule has 0 amide bonds. The summed E-state index contributed by atoms with van der Waals surface area (Å²) >= 11 is 6.09. The highest BCUT2D eigenvalue weighted by atomic mass is 35.5. The number of fused-ring (bicyclic) bond motifs is 1. The molecule has 28 heavy (non-hydrogen) atoms. The Morgan fingerprint density at radius 1 is 0.929 bits per heavy atom. The van der Waals surface area contributed by atoms with Crippen LogP contribution in [0.1, 0.15) is 5.56 Å². The minimum atomic E-state index is 0.467. The molecule has 3 aromatic carbocycles. The van der Waals surface area contributed by atoms with Gasteiger partial charge < -0.3 is 15.4 Å². The van der Waals surface area contributed by atoms with Crippen molar-refractivity contribution in [3.05, 3.63) is 83.4 Å². The minimum Gasteiger partial charge on any atom is -0.494 e. The van der Waals surface area contributed by atoms with Gasteiger partial charge in [0, 0.05) is 22.6 Å². The van der Waals surface area contributed by atoms with Gasteiger partial charge in [0.1, 0.15) is 17.1 Å². The summed E-state index contributed by atoms with van der Waals surface area (Å²) in [4.78, 5) is 9.34. The Kier molecular flexibility index (Phi) is 5.26. The lowest BCUT2D eigenvalue weighted by Gasteiger charge is -2.14. The monoisotopic (exact) mass is 390 g/mol. The summed E-state index contributed by atoms with van der Waals surface area (Å²) in [5.41, 5.74) is 2.72. The van der Waals surface area contributed by atoms with Crippen LogP contribution in [-0.4, -0.2) is 17.1 Å². The summed E-state index contributed by atoms with van der Waals surface area (Å²) in [6.07, 6.45) is 0. The highest BCUT2D eigenvalue weighted by molar-refractivity contribution is 6.30. The average Bonchev–Trinajstić information content (AvgIpc) is 2.72. The third-order valence-electron chi connectivity index (χ3n) is 4.29. The van der Waals surface area contributed by atoms with Crippen LogP contribution in [0.2, 0.25) is 5.02 Å². The van der Waals surface area contributed by atoms with Gasteiger partial charge in [-0.3, -0.25) is 0 Å². The normalized spacial score (nSPS) is 10.6. The predicted octanol–water partition coefficient (Wildman–Crippen LogP) is 5.65. The van der Waals surface area contributed by atoms with Crippen molar-refractivity contribution >= 4 is 40.0 Å². The molecular weight excluding hydrogens is 372 g/mol. The van der Waals surface area contributed by atoms with E-state index < -0.39 is 0 Å². The number of benzene rings is 3. The number of anilines is 3. The van der Waals surface area contributed by atoms with Crippen LogP contribution in [0.3, 0.4) is 0 Å². The second kappa shape index (κ2) is 8.15. The number of halogens is 1. The van der Waals surface area contributed by atoms with Crippen LogP contribution in [0.5, 0.6) is 5.75 Å². The number of hydrogen-bond acceptors (Lipinski definition) is 5. The molecule has 140 valence electrons. The molecule has 1 heterocycles. The Bertz CT molecular complexity index is 1100. The molecule has 0 aliphatic rings. The highest BCUT2D eigenvalue weighted by Gasteiger charge is 2.12. The molecule has 0 fully saturated rings. The van der Waals surface area contributed by atoms with E-state index in [1.165, 1.54) is 5.56 Å². The first-order valence-electron chi connectivity index (χ1n) is 8.88. The molecule has 6 heteroatoms. The Balaban J connectivity index is 1.73. The van der Waals surface area contributed by atoms with E-state index in [0.717, 1.165) is 22.4 Å². The lowest BCUT2D eigenvalue weighted by atomic mass is 10.2. The molecular formula is C22H19ClN4O. The number of aromatic nitrogens is 2. The van der Waals surface area contributed by atoms with E-state index >= 15 is 0 Å². The summed E-state index contributed by atoms with van der Waals surface area (Å²) in [7, 11) is 1.64. The fourth-order valence-corrected chi connectivity index (χ4v) is 3.15. The van der Waals surface area contributed by atoms with Gasteiger partial charge in [-0.15, -0.1) is 0 Å². The summed E-state index contributed by atoms with van der Waals surface area (Å²) in [5, 5.41) is 8.18. The van der Waals surface area contributed by atoms with E-state index in [1.807, 2.05) is 60.7 Å². The van der Waals surface area contributed by atoms with Crippen molar-refractivity contribution in [2.75, 3.05) is 17.7 Å². The quantitative estimate of drug-likeness (QED) is 0.445. The molecule has 1 aromatic heterocycles. The maximum Gasteiger partial charge on any atom is 0.229 e. The van der Waals surface area contributed by atoms with E-state index in [0.29, 0.717) is 23.3 Å². The topological polar surface area (TPSA) is 59.1 Å². The van der Waals surface area contributed by atoms with Gasteiger partial charge in [-0.25, -0.2) is 4.98 Å². The SMILES string of the molecule is COc1cccc2c(NCc3ccccc3)nc(Nc3cccc(Cl)c3)nc12. The van der Waals surface area contributed by atoms with Crippen LogP contribution < -0.4 is 15.4 Å². The van der Waals surface area contributed by atoms with Gasteiger partial charge in [0.25, 0.3) is 0 Å². The number of para-hydroxylation sites is 1. The fourth-order valence-electron chi connectivity index (χ4n) is 2.96. The molecule has 0 aliphatic carbocycles. The number of nitrogens with zero attached hydrogens (tertiary/aromatic N) is 2. The number of hydrogen-bond donors (Lipinski definition) is 2. The van der Waals surface area contributed by atoms with Gasteiger partial charge in [0.05, 0.1) is 7.11 Å². The first-order valence-corrected chi connectivity index (χ1v) is 9.26. The minimum absolute atomic E-state index is 0.467. The van der Waals surface area contributed by atoms with Gasteiger partial charge in [-0.2, -0.15) is 4.98 Å². The molecule has 0 spiro atoms. The molecule has 0 saturated heterocycles. The van der Waals surface area contributed by atoms with Crippen LogP contribution in [0.4, 0.5) is 17.5 Å². The predicted molar refractivity (Wildman–Crippen MR) is 115 cm³/mol. The van der Waals surface area contributed by atoms with Gasteiger partial charge in [0.15, 0.2) is 0 Å². The van der Waals surface area contributed by atoms with Gasteiger partial charge >= 0.3 is 0 Å². The Hall–Kier alpha value is -3.31. The van der Waals surface area contributed by atoms with Crippen molar-refractivity contribution in [2.24, 2.45) is 0 Å². The Morgan fingerprint density at radius 3 is 2.54 bits per heavy atom. The molecule has 4 rings (SSSR count). The number of ether oxygens (including phenoxy) is 1. The van der Waals surface area contributed by atoms with Gasteiger partial charge in [0.2, 0.25) is 5.95 Å². The maximum absolute atomic E-state index is 6.09. The Morgan fingerprint density at radius 2 is 1.75 bits per heavy atom. The number of methoxy groups -OCH3 is 1. The molecule has 0 unspecified atom stereocenters. The van der Waals surface area contributed by atoms with Crippen molar-refractivity contribution in [1.82, 2.24) is 9.97 Å². The van der Waals surface area contributed by atoms with Gasteiger partial charge in [-0.05, 0) is 35.9 Å². The molecule has 4 aromatic rings. The molecule has 5 nitrogen and oxygen atoms in total. The number of rotatable bonds is 6. The maximum atomic E-state index is 6.09. The lowest BCUT2D eigenvalue weighted by molar-refractivity contribution is 0.419. The van der Waals surface area contributed by atoms with E-state index in [4.69, 9.17) is 16.3 Å². The van der Waals surface area contributed by atoms with Crippen molar-refractivity contribution in [2.45, 2.75) is 6.54 Å². The number of nitrogens with one attached hydrogen (secondary N) is 2. The van der Waals surface area contributed by atoms with Crippen molar-refractivity contribution in [1.29, 1.82) is 0 Å². The van der Waals surface area contributed by atoms with E-state index in [-0.39, 0.29) is 0 Å². The molecule has 2 N–H and O–H groups in total. The second-order valence-electron chi connectivity index (χ2n) is 6.23. The largest absolute Gasteiger partial charge is 0.494 e. The van der Waals surface area contributed by atoms with Crippen LogP contribution in [-0.2, 0) is 6.54 Å². The highest BCUT2D eigenvalue weighted by Crippen LogP contribution is 2.30. The average molecular weight is 391 g/mol. The molecule has 0 atom stereocenters. The molecule has 0 aliphatic heterocycles. The molecule has 0 saturated carbocycles. The van der Waals surface area contributed by atoms with Crippen molar-refractivity contribution in [3.8, 4) is 5.75 Å². The zero-order valence-corrected chi connectivity index (χ0v) is 16.1. The van der Waals surface area contributed by atoms with E-state index in [1.54, 1.807) is 7.11 Å². The smallest absolute Gasteiger partial charge is 0.229 e. The fraction of sp³-hybridized carbons (Fsp3) is 0.0909. The van der Waals surface area contributed by atoms with E-state index in [9.17, 15) is 0 Å². The van der Waals surface area contributed by atoms with Gasteiger partial charge in [-0.1, -0.05) is 54.1 Å². The summed E-state index contributed by atoms with van der Waals surface area (Å²) in [5.74, 6) is 1.89. The third-order valence-corrected chi connectivity index (χ3v) is 4.53. The molecule has 0 radical (unpaired) electrons. The third kappa shape index (κ3) is 4.00. The second-order valence-corrected chi connectivity index (χ2v) is 6.66. The van der Waals surface area contributed by atoms with Crippen LogP contribution in [0.15, 0.2) is 72.8 Å². The summed E-state index contributed by atoms with van der Waals surface area (Å²) < 4.78 is 5.50. The summed E-state index contributed by atoms with van der Waals surface area (Å²) in [6, 6.07) is 23.4. The van der Waals surface area contributed by atoms with Crippen LogP contribution in [0.25, 0.3) is 10.9 Å². The Labute approximate surface area is 168 Å². The van der Waals surface area contributed by atoms with Crippen molar-refractivity contribution < 1.29 is 4.74 Å². The van der Waals surface area contributed by atoms with E-state index in [2.05, 4.69) is 32.7 Å². The lowest BCUT2D eigenvalue weighted by Crippen LogP contribution is -2.06. The zero-order valence-electron chi connectivity index (χ0n) is 15.3. The zero-order chi connectivity index (χ0) is 19.3.